The van der Waals surface area contributed by atoms with Gasteiger partial charge in [-0.05, 0) is 54.1 Å². The van der Waals surface area contributed by atoms with Gasteiger partial charge in [-0.2, -0.15) is 0 Å². The Hall–Kier alpha value is -3.27. The molecule has 0 bridgehead atoms. The van der Waals surface area contributed by atoms with Crippen LogP contribution in [0.25, 0.3) is 4.98 Å². The highest BCUT2D eigenvalue weighted by atomic mass is 31.2. The van der Waals surface area contributed by atoms with Crippen LogP contribution in [0.5, 0.6) is 0 Å². The van der Waals surface area contributed by atoms with E-state index < -0.39 is 7.26 Å². The van der Waals surface area contributed by atoms with Gasteiger partial charge in [0.15, 0.2) is 4.98 Å². The summed E-state index contributed by atoms with van der Waals surface area (Å²) in [6, 6.07) is 40.4. The van der Waals surface area contributed by atoms with Crippen molar-refractivity contribution in [2.45, 2.75) is 6.16 Å². The summed E-state index contributed by atoms with van der Waals surface area (Å²) >= 11 is 0. The molecule has 3 heteroatoms. The van der Waals surface area contributed by atoms with Crippen molar-refractivity contribution in [3.8, 4) is 0 Å². The topological polar surface area (TPSA) is 28.1 Å². The Morgan fingerprint density at radius 3 is 1.29 bits per heavy atom. The molecule has 2 nitrogen and oxygen atoms in total. The summed E-state index contributed by atoms with van der Waals surface area (Å²) in [4.78, 5) is 3.29. The largest absolute Gasteiger partial charge is 0.385 e. The van der Waals surface area contributed by atoms with Gasteiger partial charge in [0, 0.05) is 12.1 Å². The Labute approximate surface area is 166 Å². The second-order valence-electron chi connectivity index (χ2n) is 6.74. The van der Waals surface area contributed by atoms with Gasteiger partial charge in [0.25, 0.3) is 0 Å². The maximum Gasteiger partial charge on any atom is 0.385 e. The molecule has 0 aliphatic heterocycles. The van der Waals surface area contributed by atoms with Gasteiger partial charge in [-0.15, -0.1) is 0 Å². The molecule has 0 aliphatic rings. The van der Waals surface area contributed by atoms with E-state index >= 15 is 0 Å². The highest BCUT2D eigenvalue weighted by Gasteiger charge is 2.45. The Morgan fingerprint density at radius 1 is 0.536 bits per heavy atom. The number of hydrogen-bond acceptors (Lipinski definition) is 1. The highest BCUT2D eigenvalue weighted by molar-refractivity contribution is 7.95. The molecule has 0 saturated carbocycles. The first-order chi connectivity index (χ1) is 13.8. The first-order valence-corrected chi connectivity index (χ1v) is 11.3. The van der Waals surface area contributed by atoms with E-state index in [1.165, 1.54) is 21.5 Å². The molecule has 28 heavy (non-hydrogen) atoms. The van der Waals surface area contributed by atoms with Gasteiger partial charge >= 0.3 is 5.69 Å². The molecular formula is C25H21N2P+2. The number of nitrogens with zero attached hydrogens (tertiary/aromatic N) is 2. The summed E-state index contributed by atoms with van der Waals surface area (Å²) in [5, 5.41) is 13.1. The average Bonchev–Trinajstić information content (AvgIpc) is 2.80. The second kappa shape index (κ2) is 8.17. The molecule has 0 aliphatic carbocycles. The fourth-order valence-corrected chi connectivity index (χ4v) is 7.95. The van der Waals surface area contributed by atoms with Crippen LogP contribution >= 0.6 is 7.26 Å². The van der Waals surface area contributed by atoms with Crippen molar-refractivity contribution in [2.24, 2.45) is 0 Å². The molecular weight excluding hydrogens is 359 g/mol. The van der Waals surface area contributed by atoms with E-state index in [9.17, 15) is 0 Å². The number of hydrogen-bond donors (Lipinski definition) is 0. The summed E-state index contributed by atoms with van der Waals surface area (Å²) in [6.07, 6.45) is 0.913. The summed E-state index contributed by atoms with van der Waals surface area (Å²) in [5.74, 6) is 0. The Balaban J connectivity index is 1.96. The standard InChI is InChI=1S/C25H21N2P/c26-27-22-18-16-21(17-19-22)20-28(23-10-4-1-5-11-23,24-12-6-2-7-13-24)25-14-8-3-9-15-25/h1-19H,20H2/q+2. The van der Waals surface area contributed by atoms with Gasteiger partial charge in [-0.1, -0.05) is 54.6 Å². The Kier molecular flexibility index (Phi) is 5.29. The molecule has 0 N–H and O–H groups in total. The monoisotopic (exact) mass is 380 g/mol. The third-order valence-electron chi connectivity index (χ3n) is 5.06. The van der Waals surface area contributed by atoms with E-state index in [0.717, 1.165) is 6.16 Å². The minimum Gasteiger partial charge on any atom is -0.0620 e. The molecule has 0 saturated heterocycles. The molecule has 4 rings (SSSR count). The van der Waals surface area contributed by atoms with E-state index in [4.69, 9.17) is 5.39 Å². The normalized spacial score (nSPS) is 11.0. The average molecular weight is 380 g/mol. The first kappa shape index (κ1) is 18.1. The summed E-state index contributed by atoms with van der Waals surface area (Å²) in [7, 11) is -1.89. The van der Waals surface area contributed by atoms with E-state index in [1.54, 1.807) is 0 Å². The van der Waals surface area contributed by atoms with Gasteiger partial charge in [0.2, 0.25) is 5.39 Å². The zero-order valence-electron chi connectivity index (χ0n) is 15.5. The summed E-state index contributed by atoms with van der Waals surface area (Å²) in [5.41, 5.74) is 1.81. The predicted octanol–water partition coefficient (Wildman–Crippen LogP) is 5.67. The SMILES string of the molecule is N#[N+]c1ccc(C[P+](c2ccccc2)(c2ccccc2)c2ccccc2)cc1. The van der Waals surface area contributed by atoms with E-state index in [1.807, 2.05) is 12.1 Å². The Bertz CT molecular complexity index is 974. The molecule has 0 spiro atoms. The van der Waals surface area contributed by atoms with Crippen molar-refractivity contribution >= 4 is 28.9 Å². The molecule has 0 unspecified atom stereocenters. The molecule has 4 aromatic rings. The minimum atomic E-state index is -1.89. The first-order valence-electron chi connectivity index (χ1n) is 9.32. The smallest absolute Gasteiger partial charge is 0.0620 e. The van der Waals surface area contributed by atoms with Crippen LogP contribution in [0.4, 0.5) is 5.69 Å². The number of rotatable bonds is 5. The van der Waals surface area contributed by atoms with Crippen LogP contribution in [0.2, 0.25) is 0 Å². The lowest BCUT2D eigenvalue weighted by molar-refractivity contribution is 1.38. The van der Waals surface area contributed by atoms with Crippen LogP contribution in [0, 0.1) is 5.39 Å². The van der Waals surface area contributed by atoms with Crippen LogP contribution in [-0.4, -0.2) is 0 Å². The molecule has 0 aromatic heterocycles. The summed E-state index contributed by atoms with van der Waals surface area (Å²) < 4.78 is 0. The van der Waals surface area contributed by atoms with Crippen molar-refractivity contribution in [3.05, 3.63) is 126 Å². The molecule has 0 amide bonds. The van der Waals surface area contributed by atoms with Crippen molar-refractivity contribution < 1.29 is 0 Å². The van der Waals surface area contributed by atoms with E-state index in [-0.39, 0.29) is 0 Å². The number of diazo groups is 1. The quantitative estimate of drug-likeness (QED) is 0.324. The molecule has 0 radical (unpaired) electrons. The zero-order chi connectivity index (χ0) is 19.2. The third-order valence-corrected chi connectivity index (χ3v) is 9.44. The fraction of sp³-hybridized carbons (Fsp3) is 0.0400. The maximum atomic E-state index is 9.03. The Morgan fingerprint density at radius 2 is 0.929 bits per heavy atom. The van der Waals surface area contributed by atoms with Gasteiger partial charge in [0.05, 0.1) is 6.16 Å². The van der Waals surface area contributed by atoms with E-state index in [2.05, 4.69) is 108 Å². The van der Waals surface area contributed by atoms with Crippen molar-refractivity contribution in [2.75, 3.05) is 0 Å². The van der Waals surface area contributed by atoms with Crippen LogP contribution in [-0.2, 0) is 6.16 Å². The lowest BCUT2D eigenvalue weighted by Crippen LogP contribution is -2.32. The lowest BCUT2D eigenvalue weighted by Gasteiger charge is -2.27. The van der Waals surface area contributed by atoms with Crippen LogP contribution in [0.15, 0.2) is 115 Å². The number of benzene rings is 4. The van der Waals surface area contributed by atoms with Crippen molar-refractivity contribution in [1.29, 1.82) is 5.39 Å². The predicted molar refractivity (Wildman–Crippen MR) is 120 cm³/mol. The molecule has 0 heterocycles. The zero-order valence-corrected chi connectivity index (χ0v) is 16.4. The van der Waals surface area contributed by atoms with Crippen LogP contribution in [0.1, 0.15) is 5.56 Å². The molecule has 0 atom stereocenters. The second-order valence-corrected chi connectivity index (χ2v) is 10.2. The van der Waals surface area contributed by atoms with Crippen LogP contribution in [0.3, 0.4) is 0 Å². The van der Waals surface area contributed by atoms with Crippen molar-refractivity contribution in [3.63, 3.8) is 0 Å². The molecule has 134 valence electrons. The van der Waals surface area contributed by atoms with Crippen molar-refractivity contribution in [1.82, 2.24) is 0 Å². The highest BCUT2D eigenvalue weighted by Crippen LogP contribution is 2.58. The van der Waals surface area contributed by atoms with Gasteiger partial charge < -0.3 is 0 Å². The van der Waals surface area contributed by atoms with E-state index in [0.29, 0.717) is 5.69 Å². The lowest BCUT2D eigenvalue weighted by atomic mass is 10.2. The fourth-order valence-electron chi connectivity index (χ4n) is 3.71. The molecule has 4 aromatic carbocycles. The van der Waals surface area contributed by atoms with Gasteiger partial charge in [-0.25, -0.2) is 0 Å². The van der Waals surface area contributed by atoms with Crippen LogP contribution < -0.4 is 15.9 Å². The maximum absolute atomic E-state index is 9.03. The summed E-state index contributed by atoms with van der Waals surface area (Å²) in [6.45, 7) is 0. The van der Waals surface area contributed by atoms with Gasteiger partial charge in [0.1, 0.15) is 23.2 Å². The minimum absolute atomic E-state index is 0.576. The van der Waals surface area contributed by atoms with Gasteiger partial charge in [-0.3, -0.25) is 0 Å². The third kappa shape index (κ3) is 3.46. The molecule has 0 fully saturated rings.